The standard InChI is InChI=1S/C9H16O7/c1-2-7(13)16-4-6(12)9(15)8(14)5(11)3-10/h2,5-6,8-12,14-15H,1,3-4H2/t5-,6+,8+,9-/m1/s1. The summed E-state index contributed by atoms with van der Waals surface area (Å²) in [5, 5.41) is 45.2. The van der Waals surface area contributed by atoms with Gasteiger partial charge in [-0.05, 0) is 0 Å². The van der Waals surface area contributed by atoms with Crippen molar-refractivity contribution < 1.29 is 35.1 Å². The van der Waals surface area contributed by atoms with Gasteiger partial charge in [-0.3, -0.25) is 0 Å². The van der Waals surface area contributed by atoms with Crippen LogP contribution in [0.25, 0.3) is 0 Å². The van der Waals surface area contributed by atoms with Gasteiger partial charge >= 0.3 is 5.97 Å². The summed E-state index contributed by atoms with van der Waals surface area (Å²) in [6, 6.07) is 0. The number of ether oxygens (including phenoxy) is 1. The third-order valence-electron chi connectivity index (χ3n) is 1.89. The first kappa shape index (κ1) is 15.0. The van der Waals surface area contributed by atoms with Gasteiger partial charge in [0.2, 0.25) is 0 Å². The largest absolute Gasteiger partial charge is 0.460 e. The predicted octanol–water partition coefficient (Wildman–Crippen LogP) is -2.85. The molecule has 0 fully saturated rings. The fraction of sp³-hybridized carbons (Fsp3) is 0.667. The van der Waals surface area contributed by atoms with Crippen molar-refractivity contribution in [1.82, 2.24) is 0 Å². The van der Waals surface area contributed by atoms with Crippen LogP contribution < -0.4 is 0 Å². The Kier molecular flexibility index (Phi) is 6.86. The highest BCUT2D eigenvalue weighted by Crippen LogP contribution is 2.05. The number of esters is 1. The van der Waals surface area contributed by atoms with Crippen LogP contribution in [0.2, 0.25) is 0 Å². The van der Waals surface area contributed by atoms with Crippen molar-refractivity contribution in [3.8, 4) is 0 Å². The minimum Gasteiger partial charge on any atom is -0.460 e. The summed E-state index contributed by atoms with van der Waals surface area (Å²) in [5.41, 5.74) is 0. The lowest BCUT2D eigenvalue weighted by Crippen LogP contribution is -2.47. The van der Waals surface area contributed by atoms with Crippen LogP contribution in [0.1, 0.15) is 0 Å². The van der Waals surface area contributed by atoms with Gasteiger partial charge < -0.3 is 30.3 Å². The number of hydrogen-bond acceptors (Lipinski definition) is 7. The second kappa shape index (κ2) is 7.31. The molecule has 0 spiro atoms. The van der Waals surface area contributed by atoms with E-state index in [9.17, 15) is 20.1 Å². The molecule has 0 heterocycles. The molecule has 0 radical (unpaired) electrons. The van der Waals surface area contributed by atoms with Gasteiger partial charge in [0.15, 0.2) is 0 Å². The van der Waals surface area contributed by atoms with E-state index in [0.29, 0.717) is 0 Å². The summed E-state index contributed by atoms with van der Waals surface area (Å²) in [7, 11) is 0. The van der Waals surface area contributed by atoms with Crippen LogP contribution >= 0.6 is 0 Å². The van der Waals surface area contributed by atoms with E-state index >= 15 is 0 Å². The molecule has 0 aliphatic carbocycles. The van der Waals surface area contributed by atoms with Crippen LogP contribution in [0.4, 0.5) is 0 Å². The zero-order chi connectivity index (χ0) is 12.7. The molecule has 7 heteroatoms. The van der Waals surface area contributed by atoms with E-state index in [4.69, 9.17) is 10.2 Å². The predicted molar refractivity (Wildman–Crippen MR) is 52.3 cm³/mol. The molecule has 0 aromatic heterocycles. The number of carbonyl (C=O) groups excluding carboxylic acids is 1. The Morgan fingerprint density at radius 3 is 2.12 bits per heavy atom. The van der Waals surface area contributed by atoms with Crippen LogP contribution in [0, 0.1) is 0 Å². The first-order valence-corrected chi connectivity index (χ1v) is 4.56. The van der Waals surface area contributed by atoms with Crippen LogP contribution in [-0.4, -0.2) is 69.1 Å². The van der Waals surface area contributed by atoms with Gasteiger partial charge in [-0.1, -0.05) is 6.58 Å². The Hall–Kier alpha value is -0.990. The zero-order valence-electron chi connectivity index (χ0n) is 8.56. The Morgan fingerprint density at radius 1 is 1.19 bits per heavy atom. The van der Waals surface area contributed by atoms with Gasteiger partial charge in [-0.25, -0.2) is 4.79 Å². The van der Waals surface area contributed by atoms with Gasteiger partial charge in [0, 0.05) is 6.08 Å². The average molecular weight is 236 g/mol. The van der Waals surface area contributed by atoms with Crippen LogP contribution in [0.5, 0.6) is 0 Å². The van der Waals surface area contributed by atoms with Crippen LogP contribution in [-0.2, 0) is 9.53 Å². The molecule has 7 nitrogen and oxygen atoms in total. The fourth-order valence-corrected chi connectivity index (χ4v) is 0.888. The summed E-state index contributed by atoms with van der Waals surface area (Å²) in [5.74, 6) is -0.788. The number of aliphatic hydroxyl groups excluding tert-OH is 5. The summed E-state index contributed by atoms with van der Waals surface area (Å²) in [6.07, 6.45) is -5.75. The highest BCUT2D eigenvalue weighted by Gasteiger charge is 2.30. The molecule has 0 aliphatic heterocycles. The first-order chi connectivity index (χ1) is 7.43. The highest BCUT2D eigenvalue weighted by molar-refractivity contribution is 5.81. The quantitative estimate of drug-likeness (QED) is 0.238. The number of carbonyl (C=O) groups is 1. The van der Waals surface area contributed by atoms with E-state index < -0.39 is 43.6 Å². The summed E-state index contributed by atoms with van der Waals surface area (Å²) in [6.45, 7) is 1.80. The van der Waals surface area contributed by atoms with E-state index in [2.05, 4.69) is 11.3 Å². The molecule has 0 rings (SSSR count). The second-order valence-corrected chi connectivity index (χ2v) is 3.13. The number of aliphatic hydroxyl groups is 5. The topological polar surface area (TPSA) is 127 Å². The maximum atomic E-state index is 10.6. The Bertz CT molecular complexity index is 230. The Labute approximate surface area is 92.2 Å². The molecule has 0 aromatic rings. The molecule has 4 atom stereocenters. The third kappa shape index (κ3) is 4.69. The molecule has 94 valence electrons. The van der Waals surface area contributed by atoms with Crippen LogP contribution in [0.15, 0.2) is 12.7 Å². The number of rotatable bonds is 7. The Morgan fingerprint density at radius 2 is 1.69 bits per heavy atom. The van der Waals surface area contributed by atoms with Gasteiger partial charge in [0.05, 0.1) is 6.61 Å². The smallest absolute Gasteiger partial charge is 0.330 e. The fourth-order valence-electron chi connectivity index (χ4n) is 0.888. The monoisotopic (exact) mass is 236 g/mol. The van der Waals surface area contributed by atoms with Crippen molar-refractivity contribution in [1.29, 1.82) is 0 Å². The summed E-state index contributed by atoms with van der Waals surface area (Å²) >= 11 is 0. The van der Waals surface area contributed by atoms with Gasteiger partial charge in [0.25, 0.3) is 0 Å². The molecule has 0 saturated carbocycles. The second-order valence-electron chi connectivity index (χ2n) is 3.13. The van der Waals surface area contributed by atoms with Gasteiger partial charge in [-0.15, -0.1) is 0 Å². The minimum absolute atomic E-state index is 0.554. The van der Waals surface area contributed by atoms with Crippen molar-refractivity contribution in [3.05, 3.63) is 12.7 Å². The number of hydrogen-bond donors (Lipinski definition) is 5. The molecule has 16 heavy (non-hydrogen) atoms. The van der Waals surface area contributed by atoms with Gasteiger partial charge in [-0.2, -0.15) is 0 Å². The average Bonchev–Trinajstić information content (AvgIpc) is 2.32. The lowest BCUT2D eigenvalue weighted by molar-refractivity contribution is -0.151. The molecule has 0 bridgehead atoms. The lowest BCUT2D eigenvalue weighted by atomic mass is 10.0. The van der Waals surface area contributed by atoms with Crippen molar-refractivity contribution in [3.63, 3.8) is 0 Å². The first-order valence-electron chi connectivity index (χ1n) is 4.56. The van der Waals surface area contributed by atoms with Gasteiger partial charge in [0.1, 0.15) is 31.0 Å². The normalized spacial score (nSPS) is 18.3. The molecule has 0 aliphatic rings. The molecule has 0 amide bonds. The summed E-state index contributed by atoms with van der Waals surface area (Å²) < 4.78 is 4.42. The van der Waals surface area contributed by atoms with Crippen molar-refractivity contribution in [2.24, 2.45) is 0 Å². The maximum Gasteiger partial charge on any atom is 0.330 e. The zero-order valence-corrected chi connectivity index (χ0v) is 8.56. The van der Waals surface area contributed by atoms with E-state index in [0.717, 1.165) is 6.08 Å². The van der Waals surface area contributed by atoms with E-state index in [1.54, 1.807) is 0 Å². The molecule has 5 N–H and O–H groups in total. The maximum absolute atomic E-state index is 10.6. The molecular weight excluding hydrogens is 220 g/mol. The van der Waals surface area contributed by atoms with E-state index in [1.165, 1.54) is 0 Å². The van der Waals surface area contributed by atoms with E-state index in [-0.39, 0.29) is 0 Å². The van der Waals surface area contributed by atoms with Crippen molar-refractivity contribution in [2.45, 2.75) is 24.4 Å². The molecule has 0 saturated heterocycles. The third-order valence-corrected chi connectivity index (χ3v) is 1.89. The summed E-state index contributed by atoms with van der Waals surface area (Å²) in [4.78, 5) is 10.6. The van der Waals surface area contributed by atoms with E-state index in [1.807, 2.05) is 0 Å². The molecular formula is C9H16O7. The highest BCUT2D eigenvalue weighted by atomic mass is 16.5. The van der Waals surface area contributed by atoms with Crippen LogP contribution in [0.3, 0.4) is 0 Å². The molecule has 0 aromatic carbocycles. The van der Waals surface area contributed by atoms with Crippen molar-refractivity contribution in [2.75, 3.05) is 13.2 Å². The molecule has 0 unspecified atom stereocenters. The van der Waals surface area contributed by atoms with Crippen molar-refractivity contribution >= 4 is 5.97 Å². The lowest BCUT2D eigenvalue weighted by Gasteiger charge is -2.25. The Balaban J connectivity index is 4.11. The SMILES string of the molecule is C=CC(=O)OC[C@H](O)[C@@H](O)[C@@H](O)[C@H](O)CO. The minimum atomic E-state index is -1.74.